The number of hydrogen-bond acceptors (Lipinski definition) is 2. The van der Waals surface area contributed by atoms with Crippen LogP contribution in [0.4, 0.5) is 30.7 Å². The van der Waals surface area contributed by atoms with Crippen LogP contribution in [-0.4, -0.2) is 16.3 Å². The molecule has 180 valence electrons. The van der Waals surface area contributed by atoms with E-state index in [0.29, 0.717) is 30.5 Å². The first-order valence-corrected chi connectivity index (χ1v) is 11.6. The summed E-state index contributed by atoms with van der Waals surface area (Å²) in [6.07, 6.45) is -10.8. The van der Waals surface area contributed by atoms with E-state index in [0.717, 1.165) is 0 Å². The maximum atomic E-state index is 13.4. The van der Waals surface area contributed by atoms with Gasteiger partial charge in [0.15, 0.2) is 0 Å². The van der Waals surface area contributed by atoms with Crippen LogP contribution in [0, 0.1) is 11.7 Å². The number of Topliss-reactive ketones (excluding diaryl/α,β-unsaturated/α-hetero) is 1. The predicted octanol–water partition coefficient (Wildman–Crippen LogP) is 7.51. The van der Waals surface area contributed by atoms with Gasteiger partial charge < -0.3 is 4.74 Å². The molecule has 33 heavy (non-hydrogen) atoms. The van der Waals surface area contributed by atoms with Crippen LogP contribution < -0.4 is 0 Å². The zero-order valence-electron chi connectivity index (χ0n) is 17.3. The van der Waals surface area contributed by atoms with Gasteiger partial charge >= 0.3 is 12.4 Å². The number of halogens is 8. The van der Waals surface area contributed by atoms with Crippen LogP contribution in [0.5, 0.6) is 0 Å². The van der Waals surface area contributed by atoms with E-state index >= 15 is 0 Å². The van der Waals surface area contributed by atoms with Gasteiger partial charge in [-0.3, -0.25) is 4.79 Å². The first-order valence-electron chi connectivity index (χ1n) is 10.1. The van der Waals surface area contributed by atoms with Crippen molar-refractivity contribution in [3.63, 3.8) is 0 Å². The fourth-order valence-electron chi connectivity index (χ4n) is 4.26. The number of ketones is 1. The minimum absolute atomic E-state index is 0.0397. The summed E-state index contributed by atoms with van der Waals surface area (Å²) >= 11 is 1.94. The average Bonchev–Trinajstić information content (AvgIpc) is 3.15. The van der Waals surface area contributed by atoms with E-state index in [1.807, 2.05) is 22.6 Å². The Kier molecular flexibility index (Phi) is 7.77. The summed E-state index contributed by atoms with van der Waals surface area (Å²) in [5.74, 6) is -1.43. The van der Waals surface area contributed by atoms with Gasteiger partial charge in [0.25, 0.3) is 0 Å². The molecular weight excluding hydrogens is 568 g/mol. The second kappa shape index (κ2) is 9.89. The highest BCUT2D eigenvalue weighted by molar-refractivity contribution is 14.1. The van der Waals surface area contributed by atoms with E-state index in [9.17, 15) is 35.5 Å². The van der Waals surface area contributed by atoms with E-state index < -0.39 is 53.3 Å². The zero-order chi connectivity index (χ0) is 24.6. The normalized spacial score (nSPS) is 22.4. The van der Waals surface area contributed by atoms with E-state index in [1.165, 1.54) is 31.2 Å². The van der Waals surface area contributed by atoms with Gasteiger partial charge in [-0.1, -0.05) is 34.7 Å². The SMILES string of the molecule is C[C@@H](OC1CC[C@@H](C(=O)CI)[C@@H]1c1ccc(F)cc1)c1cc(C(F)(F)F)cc(C(F)(F)F)c1. The molecule has 2 aromatic carbocycles. The Hall–Kier alpha value is -1.69. The van der Waals surface area contributed by atoms with E-state index in [2.05, 4.69) is 0 Å². The first-order chi connectivity index (χ1) is 15.3. The number of benzene rings is 2. The second-order valence-electron chi connectivity index (χ2n) is 8.02. The molecule has 0 aromatic heterocycles. The van der Waals surface area contributed by atoms with Gasteiger partial charge in [-0.15, -0.1) is 0 Å². The molecule has 0 heterocycles. The van der Waals surface area contributed by atoms with Crippen molar-refractivity contribution in [2.24, 2.45) is 5.92 Å². The number of carbonyl (C=O) groups excluding carboxylic acids is 1. The molecule has 1 saturated carbocycles. The summed E-state index contributed by atoms with van der Waals surface area (Å²) in [4.78, 5) is 12.5. The lowest BCUT2D eigenvalue weighted by molar-refractivity contribution is -0.143. The summed E-state index contributed by atoms with van der Waals surface area (Å²) in [5, 5.41) is 0. The van der Waals surface area contributed by atoms with Crippen molar-refractivity contribution in [2.75, 3.05) is 4.43 Å². The van der Waals surface area contributed by atoms with Crippen LogP contribution in [-0.2, 0) is 21.9 Å². The minimum Gasteiger partial charge on any atom is -0.370 e. The molecule has 1 aliphatic carbocycles. The Labute approximate surface area is 199 Å². The third kappa shape index (κ3) is 6.06. The summed E-state index contributed by atoms with van der Waals surface area (Å²) in [7, 11) is 0. The third-order valence-corrected chi connectivity index (χ3v) is 6.61. The molecule has 0 bridgehead atoms. The molecule has 4 atom stereocenters. The van der Waals surface area contributed by atoms with Crippen LogP contribution >= 0.6 is 22.6 Å². The van der Waals surface area contributed by atoms with E-state index in [1.54, 1.807) is 0 Å². The molecule has 0 radical (unpaired) electrons. The number of alkyl halides is 7. The van der Waals surface area contributed by atoms with Crippen LogP contribution in [0.1, 0.15) is 54.0 Å². The molecule has 0 aliphatic heterocycles. The van der Waals surface area contributed by atoms with Gasteiger partial charge in [0.1, 0.15) is 11.6 Å². The Morgan fingerprint density at radius 2 is 1.55 bits per heavy atom. The van der Waals surface area contributed by atoms with Gasteiger partial charge in [-0.2, -0.15) is 26.3 Å². The Morgan fingerprint density at radius 3 is 2.03 bits per heavy atom. The number of rotatable bonds is 6. The number of carbonyl (C=O) groups is 1. The van der Waals surface area contributed by atoms with Crippen LogP contribution in [0.25, 0.3) is 0 Å². The molecular formula is C23H20F7IO2. The molecule has 0 spiro atoms. The second-order valence-corrected chi connectivity index (χ2v) is 8.78. The molecule has 2 nitrogen and oxygen atoms in total. The zero-order valence-corrected chi connectivity index (χ0v) is 19.5. The monoisotopic (exact) mass is 588 g/mol. The van der Waals surface area contributed by atoms with Gasteiger partial charge in [-0.25, -0.2) is 4.39 Å². The first kappa shape index (κ1) is 25.9. The molecule has 0 N–H and O–H groups in total. The molecule has 10 heteroatoms. The average molecular weight is 588 g/mol. The van der Waals surface area contributed by atoms with Crippen molar-refractivity contribution in [3.8, 4) is 0 Å². The fourth-order valence-corrected chi connectivity index (χ4v) is 4.83. The molecule has 0 amide bonds. The third-order valence-electron chi connectivity index (χ3n) is 5.85. The summed E-state index contributed by atoms with van der Waals surface area (Å²) < 4.78 is 99.0. The summed E-state index contributed by atoms with van der Waals surface area (Å²) in [6, 6.07) is 6.88. The van der Waals surface area contributed by atoms with Crippen molar-refractivity contribution in [3.05, 3.63) is 70.5 Å². The van der Waals surface area contributed by atoms with Crippen molar-refractivity contribution in [2.45, 2.75) is 50.2 Å². The van der Waals surface area contributed by atoms with Crippen molar-refractivity contribution in [1.82, 2.24) is 0 Å². The summed E-state index contributed by atoms with van der Waals surface area (Å²) in [5.41, 5.74) is -2.46. The Morgan fingerprint density at radius 1 is 1.00 bits per heavy atom. The maximum Gasteiger partial charge on any atom is 0.416 e. The van der Waals surface area contributed by atoms with Gasteiger partial charge in [-0.05, 0) is 61.2 Å². The van der Waals surface area contributed by atoms with Gasteiger partial charge in [0, 0.05) is 11.8 Å². The standard InChI is InChI=1S/C23H20F7IO2/c1-12(14-8-15(22(25,26)27)10-16(9-14)23(28,29)30)33-20-7-6-18(19(32)11-31)21(20)13-2-4-17(24)5-3-13/h2-5,8-10,12,18,20-21H,6-7,11H2,1H3/t12-,18+,20?,21+/m1/s1. The van der Waals surface area contributed by atoms with E-state index in [-0.39, 0.29) is 21.8 Å². The van der Waals surface area contributed by atoms with Gasteiger partial charge in [0.05, 0.1) is 27.8 Å². The summed E-state index contributed by atoms with van der Waals surface area (Å²) in [6.45, 7) is 1.38. The van der Waals surface area contributed by atoms with Crippen molar-refractivity contribution >= 4 is 28.4 Å². The lowest BCUT2D eigenvalue weighted by Crippen LogP contribution is -2.27. The maximum absolute atomic E-state index is 13.4. The molecule has 3 rings (SSSR count). The smallest absolute Gasteiger partial charge is 0.370 e. The molecule has 0 saturated heterocycles. The van der Waals surface area contributed by atoms with E-state index in [4.69, 9.17) is 4.74 Å². The molecule has 1 aliphatic rings. The molecule has 2 aromatic rings. The Balaban J connectivity index is 1.94. The topological polar surface area (TPSA) is 26.3 Å². The lowest BCUT2D eigenvalue weighted by Gasteiger charge is -2.28. The highest BCUT2D eigenvalue weighted by Crippen LogP contribution is 2.45. The Bertz CT molecular complexity index is 954. The number of ether oxygens (including phenoxy) is 1. The van der Waals surface area contributed by atoms with Crippen LogP contribution in [0.3, 0.4) is 0 Å². The van der Waals surface area contributed by atoms with Gasteiger partial charge in [0.2, 0.25) is 0 Å². The van der Waals surface area contributed by atoms with Crippen LogP contribution in [0.2, 0.25) is 0 Å². The lowest BCUT2D eigenvalue weighted by atomic mass is 9.85. The predicted molar refractivity (Wildman–Crippen MR) is 115 cm³/mol. The molecule has 1 fully saturated rings. The highest BCUT2D eigenvalue weighted by Gasteiger charge is 2.42. The number of hydrogen-bond donors (Lipinski definition) is 0. The largest absolute Gasteiger partial charge is 0.416 e. The van der Waals surface area contributed by atoms with Crippen molar-refractivity contribution in [1.29, 1.82) is 0 Å². The quantitative estimate of drug-likeness (QED) is 0.199. The molecule has 1 unspecified atom stereocenters. The fraction of sp³-hybridized carbons (Fsp3) is 0.435. The minimum atomic E-state index is -4.96. The van der Waals surface area contributed by atoms with Crippen molar-refractivity contribution < 1.29 is 40.3 Å². The highest BCUT2D eigenvalue weighted by atomic mass is 127. The van der Waals surface area contributed by atoms with Crippen LogP contribution in [0.15, 0.2) is 42.5 Å².